The minimum absolute atomic E-state index is 0.0397. The molecular formula is C13H19N3O. The van der Waals surface area contributed by atoms with Crippen LogP contribution in [0.1, 0.15) is 36.5 Å². The smallest absolute Gasteiger partial charge is 0.254 e. The maximum atomic E-state index is 12.0. The first kappa shape index (κ1) is 11.9. The number of rotatable bonds is 5. The zero-order valence-corrected chi connectivity index (χ0v) is 10.4. The molecule has 1 aromatic heterocycles. The molecule has 0 atom stereocenters. The summed E-state index contributed by atoms with van der Waals surface area (Å²) in [7, 11) is 1.81. The minimum Gasteiger partial charge on any atom is -0.387 e. The molecule has 1 aliphatic carbocycles. The summed E-state index contributed by atoms with van der Waals surface area (Å²) in [6.45, 7) is 2.96. The number of carbonyl (C=O) groups excluding carboxylic acids is 1. The van der Waals surface area contributed by atoms with E-state index in [2.05, 4.69) is 22.5 Å². The van der Waals surface area contributed by atoms with Crippen LogP contribution < -0.4 is 10.6 Å². The van der Waals surface area contributed by atoms with Gasteiger partial charge in [-0.2, -0.15) is 0 Å². The van der Waals surface area contributed by atoms with Crippen LogP contribution in [0.2, 0.25) is 0 Å². The SMILES string of the molecule is CCC1(CNC(=O)c2cnccc2NC)CC1. The van der Waals surface area contributed by atoms with Crippen molar-refractivity contribution in [1.29, 1.82) is 0 Å². The molecule has 0 bridgehead atoms. The molecule has 0 aliphatic heterocycles. The highest BCUT2D eigenvalue weighted by Gasteiger charge is 2.40. The molecule has 1 amide bonds. The van der Waals surface area contributed by atoms with Gasteiger partial charge in [0.2, 0.25) is 0 Å². The number of hydrogen-bond acceptors (Lipinski definition) is 3. The predicted molar refractivity (Wildman–Crippen MR) is 68.1 cm³/mol. The van der Waals surface area contributed by atoms with Crippen molar-refractivity contribution in [2.24, 2.45) is 5.41 Å². The predicted octanol–water partition coefficient (Wildman–Crippen LogP) is 2.04. The molecule has 1 fully saturated rings. The van der Waals surface area contributed by atoms with Gasteiger partial charge < -0.3 is 10.6 Å². The number of anilines is 1. The molecule has 0 aromatic carbocycles. The molecule has 92 valence electrons. The van der Waals surface area contributed by atoms with E-state index in [4.69, 9.17) is 0 Å². The van der Waals surface area contributed by atoms with E-state index >= 15 is 0 Å². The lowest BCUT2D eigenvalue weighted by Crippen LogP contribution is -2.30. The van der Waals surface area contributed by atoms with E-state index in [-0.39, 0.29) is 5.91 Å². The standard InChI is InChI=1S/C13H19N3O/c1-3-13(5-6-13)9-16-12(17)10-8-15-7-4-11(10)14-2/h4,7-8H,3,5-6,9H2,1-2H3,(H,14,15)(H,16,17). The third-order valence-electron chi connectivity index (χ3n) is 3.67. The Labute approximate surface area is 102 Å². The molecule has 1 aromatic rings. The van der Waals surface area contributed by atoms with Gasteiger partial charge in [-0.3, -0.25) is 9.78 Å². The fourth-order valence-electron chi connectivity index (χ4n) is 1.99. The van der Waals surface area contributed by atoms with Crippen LogP contribution in [0.25, 0.3) is 0 Å². The number of aromatic nitrogens is 1. The Morgan fingerprint density at radius 1 is 1.53 bits per heavy atom. The Morgan fingerprint density at radius 3 is 2.88 bits per heavy atom. The van der Waals surface area contributed by atoms with Gasteiger partial charge in [0.05, 0.1) is 5.56 Å². The summed E-state index contributed by atoms with van der Waals surface area (Å²) < 4.78 is 0. The topological polar surface area (TPSA) is 54.0 Å². The first-order valence-corrected chi connectivity index (χ1v) is 6.11. The summed E-state index contributed by atoms with van der Waals surface area (Å²) in [5.41, 5.74) is 1.80. The lowest BCUT2D eigenvalue weighted by atomic mass is 10.0. The second kappa shape index (κ2) is 4.73. The molecule has 0 spiro atoms. The van der Waals surface area contributed by atoms with E-state index < -0.39 is 0 Å². The van der Waals surface area contributed by atoms with Gasteiger partial charge in [-0.1, -0.05) is 6.92 Å². The van der Waals surface area contributed by atoms with E-state index in [0.29, 0.717) is 11.0 Å². The number of hydrogen-bond donors (Lipinski definition) is 2. The van der Waals surface area contributed by atoms with Crippen molar-refractivity contribution in [1.82, 2.24) is 10.3 Å². The van der Waals surface area contributed by atoms with E-state index in [1.54, 1.807) is 19.4 Å². The first-order valence-electron chi connectivity index (χ1n) is 6.11. The van der Waals surface area contributed by atoms with E-state index in [1.165, 1.54) is 12.8 Å². The Bertz CT molecular complexity index is 413. The highest BCUT2D eigenvalue weighted by Crippen LogP contribution is 2.47. The van der Waals surface area contributed by atoms with Crippen LogP contribution in [0.4, 0.5) is 5.69 Å². The Balaban J connectivity index is 1.99. The van der Waals surface area contributed by atoms with Crippen molar-refractivity contribution in [3.63, 3.8) is 0 Å². The molecule has 0 saturated heterocycles. The van der Waals surface area contributed by atoms with E-state index in [1.807, 2.05) is 6.07 Å². The van der Waals surface area contributed by atoms with Crippen molar-refractivity contribution in [2.45, 2.75) is 26.2 Å². The quantitative estimate of drug-likeness (QED) is 0.818. The minimum atomic E-state index is -0.0397. The molecule has 4 heteroatoms. The van der Waals surface area contributed by atoms with Crippen LogP contribution in [0.15, 0.2) is 18.5 Å². The van der Waals surface area contributed by atoms with Crippen molar-refractivity contribution in [2.75, 3.05) is 18.9 Å². The highest BCUT2D eigenvalue weighted by atomic mass is 16.1. The maximum Gasteiger partial charge on any atom is 0.254 e. The molecule has 17 heavy (non-hydrogen) atoms. The van der Waals surface area contributed by atoms with Gasteiger partial charge >= 0.3 is 0 Å². The van der Waals surface area contributed by atoms with Crippen LogP contribution in [-0.4, -0.2) is 24.5 Å². The van der Waals surface area contributed by atoms with Crippen LogP contribution in [0.5, 0.6) is 0 Å². The Morgan fingerprint density at radius 2 is 2.29 bits per heavy atom. The molecule has 2 N–H and O–H groups in total. The fraction of sp³-hybridized carbons (Fsp3) is 0.538. The molecule has 0 radical (unpaired) electrons. The van der Waals surface area contributed by atoms with Gasteiger partial charge in [0.25, 0.3) is 5.91 Å². The molecule has 4 nitrogen and oxygen atoms in total. The summed E-state index contributed by atoms with van der Waals surface area (Å²) in [5, 5.41) is 6.01. The Kier molecular flexibility index (Phi) is 3.31. The summed E-state index contributed by atoms with van der Waals surface area (Å²) in [5.74, 6) is -0.0397. The van der Waals surface area contributed by atoms with E-state index in [9.17, 15) is 4.79 Å². The average Bonchev–Trinajstić information content (AvgIpc) is 3.16. The van der Waals surface area contributed by atoms with Crippen molar-refractivity contribution >= 4 is 11.6 Å². The monoisotopic (exact) mass is 233 g/mol. The lowest BCUT2D eigenvalue weighted by Gasteiger charge is -2.14. The van der Waals surface area contributed by atoms with E-state index in [0.717, 1.165) is 18.7 Å². The highest BCUT2D eigenvalue weighted by molar-refractivity contribution is 5.99. The third kappa shape index (κ3) is 2.57. The van der Waals surface area contributed by atoms with Crippen LogP contribution in [0, 0.1) is 5.41 Å². The molecule has 2 rings (SSSR count). The summed E-state index contributed by atoms with van der Waals surface area (Å²) in [6, 6.07) is 1.81. The zero-order valence-electron chi connectivity index (χ0n) is 10.4. The van der Waals surface area contributed by atoms with Crippen molar-refractivity contribution in [3.05, 3.63) is 24.0 Å². The van der Waals surface area contributed by atoms with Crippen molar-refractivity contribution < 1.29 is 4.79 Å². The third-order valence-corrected chi connectivity index (χ3v) is 3.67. The summed E-state index contributed by atoms with van der Waals surface area (Å²) >= 11 is 0. The van der Waals surface area contributed by atoms with Gasteiger partial charge in [0.1, 0.15) is 0 Å². The van der Waals surface area contributed by atoms with Crippen LogP contribution in [-0.2, 0) is 0 Å². The molecule has 1 aliphatic rings. The molecule has 0 unspecified atom stereocenters. The fourth-order valence-corrected chi connectivity index (χ4v) is 1.99. The van der Waals surface area contributed by atoms with Crippen LogP contribution >= 0.6 is 0 Å². The van der Waals surface area contributed by atoms with Gasteiger partial charge in [-0.25, -0.2) is 0 Å². The normalized spacial score (nSPS) is 16.4. The molecule has 1 saturated carbocycles. The number of nitrogens with one attached hydrogen (secondary N) is 2. The number of nitrogens with zero attached hydrogens (tertiary/aromatic N) is 1. The number of carbonyl (C=O) groups is 1. The first-order chi connectivity index (χ1) is 8.21. The number of pyridine rings is 1. The Hall–Kier alpha value is -1.58. The summed E-state index contributed by atoms with van der Waals surface area (Å²) in [6.07, 6.45) is 6.88. The average molecular weight is 233 g/mol. The van der Waals surface area contributed by atoms with Crippen molar-refractivity contribution in [3.8, 4) is 0 Å². The number of amides is 1. The molecular weight excluding hydrogens is 214 g/mol. The van der Waals surface area contributed by atoms with Gasteiger partial charge in [-0.15, -0.1) is 0 Å². The van der Waals surface area contributed by atoms with Gasteiger partial charge in [0.15, 0.2) is 0 Å². The second-order valence-corrected chi connectivity index (χ2v) is 4.71. The van der Waals surface area contributed by atoms with Gasteiger partial charge in [0, 0.05) is 31.7 Å². The lowest BCUT2D eigenvalue weighted by molar-refractivity contribution is 0.0945. The van der Waals surface area contributed by atoms with Crippen LogP contribution in [0.3, 0.4) is 0 Å². The summed E-state index contributed by atoms with van der Waals surface area (Å²) in [4.78, 5) is 16.0. The molecule has 1 heterocycles. The largest absolute Gasteiger partial charge is 0.387 e. The second-order valence-electron chi connectivity index (χ2n) is 4.71. The maximum absolute atomic E-state index is 12.0. The van der Waals surface area contributed by atoms with Gasteiger partial charge in [-0.05, 0) is 30.7 Å². The zero-order chi connectivity index (χ0) is 12.3.